The molecular weight excluding hydrogens is 232 g/mol. The average Bonchev–Trinajstić information content (AvgIpc) is 2.26. The Balaban J connectivity index is 2.07. The van der Waals surface area contributed by atoms with Gasteiger partial charge in [0.15, 0.2) is 0 Å². The molecule has 0 unspecified atom stereocenters. The van der Waals surface area contributed by atoms with Crippen molar-refractivity contribution in [2.24, 2.45) is 5.92 Å². The van der Waals surface area contributed by atoms with Crippen molar-refractivity contribution < 1.29 is 0 Å². The second-order valence-electron chi connectivity index (χ2n) is 6.35. The van der Waals surface area contributed by atoms with Crippen molar-refractivity contribution in [3.05, 3.63) is 29.3 Å². The molecule has 1 N–H and O–H groups in total. The van der Waals surface area contributed by atoms with Gasteiger partial charge in [0.1, 0.15) is 0 Å². The quantitative estimate of drug-likeness (QED) is 0.838. The van der Waals surface area contributed by atoms with E-state index in [2.05, 4.69) is 56.2 Å². The molecule has 0 bridgehead atoms. The van der Waals surface area contributed by atoms with Crippen LogP contribution >= 0.6 is 0 Å². The first-order valence-electron chi connectivity index (χ1n) is 7.61. The van der Waals surface area contributed by atoms with Crippen molar-refractivity contribution in [1.82, 2.24) is 5.32 Å². The molecule has 0 spiro atoms. The lowest BCUT2D eigenvalue weighted by Gasteiger charge is -2.37. The molecule has 0 amide bonds. The summed E-state index contributed by atoms with van der Waals surface area (Å²) in [5.41, 5.74) is 4.20. The van der Waals surface area contributed by atoms with Gasteiger partial charge in [-0.1, -0.05) is 31.5 Å². The van der Waals surface area contributed by atoms with E-state index in [9.17, 15) is 0 Å². The maximum atomic E-state index is 3.57. The summed E-state index contributed by atoms with van der Waals surface area (Å²) >= 11 is 0. The van der Waals surface area contributed by atoms with Crippen LogP contribution in [0.3, 0.4) is 0 Å². The molecule has 1 aliphatic carbocycles. The van der Waals surface area contributed by atoms with E-state index in [1.54, 1.807) is 0 Å². The van der Waals surface area contributed by atoms with Crippen LogP contribution in [0, 0.1) is 12.8 Å². The van der Waals surface area contributed by atoms with Crippen LogP contribution in [-0.2, 0) is 6.54 Å². The molecule has 19 heavy (non-hydrogen) atoms. The van der Waals surface area contributed by atoms with Gasteiger partial charge in [-0.3, -0.25) is 0 Å². The molecule has 106 valence electrons. The van der Waals surface area contributed by atoms with Crippen molar-refractivity contribution >= 4 is 5.69 Å². The Hall–Kier alpha value is -1.02. The number of anilines is 1. The lowest BCUT2D eigenvalue weighted by molar-refractivity contribution is 0.400. The minimum absolute atomic E-state index is 0.706. The summed E-state index contributed by atoms with van der Waals surface area (Å²) in [5, 5.41) is 3.57. The van der Waals surface area contributed by atoms with E-state index >= 15 is 0 Å². The van der Waals surface area contributed by atoms with Crippen LogP contribution in [0.5, 0.6) is 0 Å². The van der Waals surface area contributed by atoms with Gasteiger partial charge in [-0.2, -0.15) is 0 Å². The second-order valence-corrected chi connectivity index (χ2v) is 6.35. The highest BCUT2D eigenvalue weighted by Crippen LogP contribution is 2.30. The molecule has 1 aliphatic rings. The number of nitrogens with one attached hydrogen (secondary N) is 1. The molecule has 0 saturated heterocycles. The standard InChI is InChI=1S/C17H28N2/c1-13(2)11-18-12-15-10-14(3)8-9-17(15)19(4)16-6-5-7-16/h8-10,13,16,18H,5-7,11-12H2,1-4H3. The van der Waals surface area contributed by atoms with E-state index in [0.29, 0.717) is 5.92 Å². The molecule has 2 heteroatoms. The van der Waals surface area contributed by atoms with Gasteiger partial charge in [0.25, 0.3) is 0 Å². The van der Waals surface area contributed by atoms with Gasteiger partial charge in [0.05, 0.1) is 0 Å². The topological polar surface area (TPSA) is 15.3 Å². The largest absolute Gasteiger partial charge is 0.371 e. The molecular formula is C17H28N2. The van der Waals surface area contributed by atoms with E-state index in [1.807, 2.05) is 0 Å². The van der Waals surface area contributed by atoms with Crippen LogP contribution in [0.2, 0.25) is 0 Å². The summed E-state index contributed by atoms with van der Waals surface area (Å²) in [6.45, 7) is 8.75. The van der Waals surface area contributed by atoms with Crippen LogP contribution in [-0.4, -0.2) is 19.6 Å². The summed E-state index contributed by atoms with van der Waals surface area (Å²) in [5.74, 6) is 0.706. The summed E-state index contributed by atoms with van der Waals surface area (Å²) in [6, 6.07) is 7.61. The third kappa shape index (κ3) is 3.73. The summed E-state index contributed by atoms with van der Waals surface area (Å²) in [6.07, 6.45) is 4.09. The monoisotopic (exact) mass is 260 g/mol. The summed E-state index contributed by atoms with van der Waals surface area (Å²) in [7, 11) is 2.25. The highest BCUT2D eigenvalue weighted by Gasteiger charge is 2.23. The van der Waals surface area contributed by atoms with Crippen LogP contribution in [0.4, 0.5) is 5.69 Å². The van der Waals surface area contributed by atoms with Crippen LogP contribution in [0.25, 0.3) is 0 Å². The number of hydrogen-bond donors (Lipinski definition) is 1. The molecule has 0 aromatic heterocycles. The van der Waals surface area contributed by atoms with Crippen LogP contribution < -0.4 is 10.2 Å². The van der Waals surface area contributed by atoms with Crippen LogP contribution in [0.1, 0.15) is 44.2 Å². The Labute approximate surface area is 118 Å². The number of nitrogens with zero attached hydrogens (tertiary/aromatic N) is 1. The molecule has 2 rings (SSSR count). The first kappa shape index (κ1) is 14.4. The van der Waals surface area contributed by atoms with E-state index < -0.39 is 0 Å². The Morgan fingerprint density at radius 3 is 2.63 bits per heavy atom. The van der Waals surface area contributed by atoms with Gasteiger partial charge in [0.2, 0.25) is 0 Å². The van der Waals surface area contributed by atoms with Crippen molar-refractivity contribution in [1.29, 1.82) is 0 Å². The van der Waals surface area contributed by atoms with Crippen molar-refractivity contribution in [2.75, 3.05) is 18.5 Å². The minimum Gasteiger partial charge on any atom is -0.371 e. The van der Waals surface area contributed by atoms with Crippen molar-refractivity contribution in [3.63, 3.8) is 0 Å². The molecule has 1 fully saturated rings. The molecule has 0 radical (unpaired) electrons. The lowest BCUT2D eigenvalue weighted by Crippen LogP contribution is -2.38. The highest BCUT2D eigenvalue weighted by molar-refractivity contribution is 5.55. The molecule has 1 aromatic carbocycles. The predicted molar refractivity (Wildman–Crippen MR) is 83.8 cm³/mol. The van der Waals surface area contributed by atoms with E-state index in [1.165, 1.54) is 36.1 Å². The zero-order valence-corrected chi connectivity index (χ0v) is 12.9. The average molecular weight is 260 g/mol. The molecule has 1 saturated carbocycles. The predicted octanol–water partition coefficient (Wildman–Crippen LogP) is 3.73. The Morgan fingerprint density at radius 1 is 1.32 bits per heavy atom. The third-order valence-corrected chi connectivity index (χ3v) is 4.11. The van der Waals surface area contributed by atoms with Gasteiger partial charge < -0.3 is 10.2 Å². The van der Waals surface area contributed by atoms with E-state index in [-0.39, 0.29) is 0 Å². The van der Waals surface area contributed by atoms with Gasteiger partial charge in [-0.05, 0) is 50.3 Å². The first-order chi connectivity index (χ1) is 9.08. The van der Waals surface area contributed by atoms with E-state index in [4.69, 9.17) is 0 Å². The number of rotatable bonds is 6. The van der Waals surface area contributed by atoms with E-state index in [0.717, 1.165) is 19.1 Å². The zero-order valence-electron chi connectivity index (χ0n) is 12.9. The molecule has 1 aromatic rings. The normalized spacial score (nSPS) is 15.6. The van der Waals surface area contributed by atoms with Crippen LogP contribution in [0.15, 0.2) is 18.2 Å². The van der Waals surface area contributed by atoms with Gasteiger partial charge in [0, 0.05) is 25.3 Å². The Bertz CT molecular complexity index is 408. The summed E-state index contributed by atoms with van der Waals surface area (Å²) < 4.78 is 0. The fourth-order valence-electron chi connectivity index (χ4n) is 2.67. The SMILES string of the molecule is Cc1ccc(N(C)C2CCC2)c(CNCC(C)C)c1. The Morgan fingerprint density at radius 2 is 2.05 bits per heavy atom. The minimum atomic E-state index is 0.706. The van der Waals surface area contributed by atoms with Crippen molar-refractivity contribution in [2.45, 2.75) is 52.6 Å². The zero-order chi connectivity index (χ0) is 13.8. The van der Waals surface area contributed by atoms with Crippen molar-refractivity contribution in [3.8, 4) is 0 Å². The first-order valence-corrected chi connectivity index (χ1v) is 7.61. The Kier molecular flexibility index (Phi) is 4.87. The maximum absolute atomic E-state index is 3.57. The second kappa shape index (κ2) is 6.42. The summed E-state index contributed by atoms with van der Waals surface area (Å²) in [4.78, 5) is 2.48. The fraction of sp³-hybridized carbons (Fsp3) is 0.647. The number of benzene rings is 1. The third-order valence-electron chi connectivity index (χ3n) is 4.11. The maximum Gasteiger partial charge on any atom is 0.0411 e. The molecule has 0 aliphatic heterocycles. The fourth-order valence-corrected chi connectivity index (χ4v) is 2.67. The molecule has 0 atom stereocenters. The number of aryl methyl sites for hydroxylation is 1. The molecule has 2 nitrogen and oxygen atoms in total. The lowest BCUT2D eigenvalue weighted by atomic mass is 9.91. The van der Waals surface area contributed by atoms with Gasteiger partial charge in [-0.25, -0.2) is 0 Å². The highest BCUT2D eigenvalue weighted by atomic mass is 15.1. The van der Waals surface area contributed by atoms with Gasteiger partial charge in [-0.15, -0.1) is 0 Å². The van der Waals surface area contributed by atoms with Gasteiger partial charge >= 0.3 is 0 Å². The molecule has 0 heterocycles. The number of hydrogen-bond acceptors (Lipinski definition) is 2. The smallest absolute Gasteiger partial charge is 0.0411 e.